The Morgan fingerprint density at radius 3 is 2.42 bits per heavy atom. The average Bonchev–Trinajstić information content (AvgIpc) is 2.78. The summed E-state index contributed by atoms with van der Waals surface area (Å²) in [5.41, 5.74) is 1.28. The molecule has 0 saturated carbocycles. The van der Waals surface area contributed by atoms with Crippen LogP contribution in [0.15, 0.2) is 75.9 Å². The Balaban J connectivity index is 1.62. The maximum Gasteiger partial charge on any atom is 0.197 e. The second kappa shape index (κ2) is 9.69. The summed E-state index contributed by atoms with van der Waals surface area (Å²) in [5.74, 6) is 1.25. The predicted molar refractivity (Wildman–Crippen MR) is 127 cm³/mol. The number of hydrogen-bond donors (Lipinski definition) is 2. The van der Waals surface area contributed by atoms with Crippen LogP contribution >= 0.6 is 0 Å². The van der Waals surface area contributed by atoms with Crippen LogP contribution in [0.3, 0.4) is 0 Å². The standard InChI is InChI=1S/C27H26O6/c1-17(2)10-11-31-24-9-8-19(12-21(24)28)25-15-23(30)27-22(29)13-20(14-26(27)33-25)32-16-18-6-4-3-5-7-18/h3-9,12-15,17,28-29H,10-11,16H2,1-2H3. The van der Waals surface area contributed by atoms with Gasteiger partial charge in [-0.2, -0.15) is 0 Å². The number of phenols is 2. The second-order valence-corrected chi connectivity index (χ2v) is 8.28. The van der Waals surface area contributed by atoms with Gasteiger partial charge in [0.2, 0.25) is 0 Å². The smallest absolute Gasteiger partial charge is 0.197 e. The first kappa shape index (κ1) is 22.3. The van der Waals surface area contributed by atoms with E-state index in [-0.39, 0.29) is 28.2 Å². The van der Waals surface area contributed by atoms with Gasteiger partial charge < -0.3 is 24.1 Å². The van der Waals surface area contributed by atoms with Crippen LogP contribution in [0.1, 0.15) is 25.8 Å². The molecule has 4 rings (SSSR count). The number of aromatic hydroxyl groups is 2. The monoisotopic (exact) mass is 446 g/mol. The van der Waals surface area contributed by atoms with Gasteiger partial charge in [-0.15, -0.1) is 0 Å². The molecular formula is C27H26O6. The third-order valence-corrected chi connectivity index (χ3v) is 5.23. The van der Waals surface area contributed by atoms with Crippen LogP contribution in [0.25, 0.3) is 22.3 Å². The summed E-state index contributed by atoms with van der Waals surface area (Å²) in [5, 5.41) is 20.8. The molecule has 0 bridgehead atoms. The highest BCUT2D eigenvalue weighted by atomic mass is 16.5. The normalized spacial score (nSPS) is 11.1. The fraction of sp³-hybridized carbons (Fsp3) is 0.222. The van der Waals surface area contributed by atoms with Gasteiger partial charge in [0, 0.05) is 23.8 Å². The summed E-state index contributed by atoms with van der Waals surface area (Å²) in [7, 11) is 0. The number of benzene rings is 3. The maximum absolute atomic E-state index is 12.7. The molecule has 170 valence electrons. The van der Waals surface area contributed by atoms with Crippen LogP contribution in [-0.2, 0) is 6.61 Å². The van der Waals surface area contributed by atoms with E-state index < -0.39 is 5.43 Å². The number of rotatable bonds is 8. The van der Waals surface area contributed by atoms with Crippen LogP contribution in [0.5, 0.6) is 23.0 Å². The van der Waals surface area contributed by atoms with E-state index in [1.165, 1.54) is 18.2 Å². The quantitative estimate of drug-likeness (QED) is 0.352. The molecule has 0 fully saturated rings. The molecule has 0 aliphatic rings. The summed E-state index contributed by atoms with van der Waals surface area (Å²) in [6.45, 7) is 5.01. The number of fused-ring (bicyclic) bond motifs is 1. The third-order valence-electron chi connectivity index (χ3n) is 5.23. The highest BCUT2D eigenvalue weighted by Gasteiger charge is 2.14. The Hall–Kier alpha value is -3.93. The van der Waals surface area contributed by atoms with Crippen LogP contribution in [0, 0.1) is 5.92 Å². The van der Waals surface area contributed by atoms with Crippen molar-refractivity contribution in [3.05, 3.63) is 82.5 Å². The molecule has 0 aliphatic carbocycles. The Morgan fingerprint density at radius 2 is 1.70 bits per heavy atom. The topological polar surface area (TPSA) is 89.1 Å². The van der Waals surface area contributed by atoms with Crippen molar-refractivity contribution < 1.29 is 24.1 Å². The molecule has 6 nitrogen and oxygen atoms in total. The van der Waals surface area contributed by atoms with E-state index in [2.05, 4.69) is 13.8 Å². The Labute approximate surface area is 191 Å². The van der Waals surface area contributed by atoms with Gasteiger partial charge >= 0.3 is 0 Å². The number of ether oxygens (including phenoxy) is 2. The summed E-state index contributed by atoms with van der Waals surface area (Å²) < 4.78 is 17.3. The van der Waals surface area contributed by atoms with Crippen molar-refractivity contribution in [3.63, 3.8) is 0 Å². The zero-order chi connectivity index (χ0) is 23.4. The minimum absolute atomic E-state index is 0.0400. The van der Waals surface area contributed by atoms with Crippen molar-refractivity contribution in [2.75, 3.05) is 6.61 Å². The summed E-state index contributed by atoms with van der Waals surface area (Å²) >= 11 is 0. The van der Waals surface area contributed by atoms with Crippen LogP contribution in [0.4, 0.5) is 0 Å². The number of hydrogen-bond acceptors (Lipinski definition) is 6. The highest BCUT2D eigenvalue weighted by molar-refractivity contribution is 5.86. The number of phenolic OH excluding ortho intramolecular Hbond substituents is 2. The molecule has 0 amide bonds. The van der Waals surface area contributed by atoms with E-state index in [1.54, 1.807) is 18.2 Å². The van der Waals surface area contributed by atoms with Crippen molar-refractivity contribution in [3.8, 4) is 34.3 Å². The van der Waals surface area contributed by atoms with Gasteiger partial charge in [0.05, 0.1) is 6.61 Å². The lowest BCUT2D eigenvalue weighted by Gasteiger charge is -2.11. The molecular weight excluding hydrogens is 420 g/mol. The van der Waals surface area contributed by atoms with E-state index in [0.29, 0.717) is 36.2 Å². The SMILES string of the molecule is CC(C)CCOc1ccc(-c2cc(=O)c3c(O)cc(OCc4ccccc4)cc3o2)cc1O. The average molecular weight is 446 g/mol. The summed E-state index contributed by atoms with van der Waals surface area (Å²) in [6.07, 6.45) is 0.874. The molecule has 0 saturated heterocycles. The Morgan fingerprint density at radius 1 is 0.909 bits per heavy atom. The van der Waals surface area contributed by atoms with Crippen molar-refractivity contribution in [2.45, 2.75) is 26.9 Å². The molecule has 0 atom stereocenters. The Bertz CT molecular complexity index is 1310. The van der Waals surface area contributed by atoms with Gasteiger partial charge in [-0.3, -0.25) is 4.79 Å². The molecule has 1 heterocycles. The molecule has 2 N–H and O–H groups in total. The van der Waals surface area contributed by atoms with Crippen LogP contribution < -0.4 is 14.9 Å². The van der Waals surface area contributed by atoms with Crippen molar-refractivity contribution in [2.24, 2.45) is 5.92 Å². The van der Waals surface area contributed by atoms with Gasteiger partial charge in [0.15, 0.2) is 16.9 Å². The fourth-order valence-corrected chi connectivity index (χ4v) is 3.41. The molecule has 0 aliphatic heterocycles. The lowest BCUT2D eigenvalue weighted by Crippen LogP contribution is -2.03. The minimum Gasteiger partial charge on any atom is -0.507 e. The molecule has 4 aromatic rings. The molecule has 33 heavy (non-hydrogen) atoms. The first-order valence-electron chi connectivity index (χ1n) is 10.8. The zero-order valence-corrected chi connectivity index (χ0v) is 18.6. The summed E-state index contributed by atoms with van der Waals surface area (Å²) in [4.78, 5) is 12.7. The van der Waals surface area contributed by atoms with Crippen molar-refractivity contribution >= 4 is 11.0 Å². The fourth-order valence-electron chi connectivity index (χ4n) is 3.41. The molecule has 1 aromatic heterocycles. The van der Waals surface area contributed by atoms with Crippen molar-refractivity contribution in [1.82, 2.24) is 0 Å². The third kappa shape index (κ3) is 5.29. The first-order chi connectivity index (χ1) is 15.9. The van der Waals surface area contributed by atoms with E-state index in [0.717, 1.165) is 12.0 Å². The first-order valence-corrected chi connectivity index (χ1v) is 10.8. The lowest BCUT2D eigenvalue weighted by atomic mass is 10.1. The summed E-state index contributed by atoms with van der Waals surface area (Å²) in [6, 6.07) is 18.7. The molecule has 6 heteroatoms. The minimum atomic E-state index is -0.393. The van der Waals surface area contributed by atoms with E-state index in [4.69, 9.17) is 13.9 Å². The molecule has 0 radical (unpaired) electrons. The van der Waals surface area contributed by atoms with E-state index in [9.17, 15) is 15.0 Å². The van der Waals surface area contributed by atoms with E-state index in [1.807, 2.05) is 30.3 Å². The van der Waals surface area contributed by atoms with Crippen LogP contribution in [0.2, 0.25) is 0 Å². The van der Waals surface area contributed by atoms with Gasteiger partial charge in [0.1, 0.15) is 34.8 Å². The second-order valence-electron chi connectivity index (χ2n) is 8.28. The van der Waals surface area contributed by atoms with Gasteiger partial charge in [0.25, 0.3) is 0 Å². The van der Waals surface area contributed by atoms with Crippen molar-refractivity contribution in [1.29, 1.82) is 0 Å². The van der Waals surface area contributed by atoms with Gasteiger partial charge in [-0.05, 0) is 36.1 Å². The molecule has 0 unspecified atom stereocenters. The highest BCUT2D eigenvalue weighted by Crippen LogP contribution is 2.35. The predicted octanol–water partition coefficient (Wildman–Crippen LogP) is 5.88. The largest absolute Gasteiger partial charge is 0.507 e. The molecule has 0 spiro atoms. The van der Waals surface area contributed by atoms with E-state index >= 15 is 0 Å². The Kier molecular flexibility index (Phi) is 6.54. The van der Waals surface area contributed by atoms with Gasteiger partial charge in [-0.25, -0.2) is 0 Å². The van der Waals surface area contributed by atoms with Crippen LogP contribution in [-0.4, -0.2) is 16.8 Å². The zero-order valence-electron chi connectivity index (χ0n) is 18.6. The lowest BCUT2D eigenvalue weighted by molar-refractivity contribution is 0.276. The maximum atomic E-state index is 12.7. The molecule has 3 aromatic carbocycles. The van der Waals surface area contributed by atoms with Gasteiger partial charge in [-0.1, -0.05) is 44.2 Å².